The number of carbonyl (C=O) groups is 2. The molecule has 1 amide bonds. The molecular weight excluding hydrogens is 504 g/mol. The van der Waals surface area contributed by atoms with E-state index in [2.05, 4.69) is 57.2 Å². The molecule has 0 N–H and O–H groups in total. The second-order valence-electron chi connectivity index (χ2n) is 10.6. The van der Waals surface area contributed by atoms with E-state index in [9.17, 15) is 9.59 Å². The van der Waals surface area contributed by atoms with E-state index >= 15 is 0 Å². The minimum absolute atomic E-state index is 0.0152. The van der Waals surface area contributed by atoms with Crippen molar-refractivity contribution in [1.82, 2.24) is 9.88 Å². The predicted molar refractivity (Wildman–Crippen MR) is 158 cm³/mol. The van der Waals surface area contributed by atoms with E-state index in [1.807, 2.05) is 19.1 Å². The normalized spacial score (nSPS) is 15.9. The number of aromatic nitrogens is 1. The van der Waals surface area contributed by atoms with Gasteiger partial charge in [-0.2, -0.15) is 4.98 Å². The number of amides is 1. The first-order chi connectivity index (χ1) is 19.6. The molecule has 3 heterocycles. The maximum atomic E-state index is 12.6. The number of Topliss-reactive ketones (excluding diaryl/α,β-unsaturated/α-hetero) is 1. The largest absolute Gasteiger partial charge is 0.478 e. The van der Waals surface area contributed by atoms with Crippen molar-refractivity contribution < 1.29 is 19.1 Å². The number of ketones is 1. The van der Waals surface area contributed by atoms with Gasteiger partial charge in [0.15, 0.2) is 5.78 Å². The summed E-state index contributed by atoms with van der Waals surface area (Å²) in [5.41, 5.74) is 2.33. The lowest BCUT2D eigenvalue weighted by atomic mass is 10.1. The number of aryl methyl sites for hydroxylation is 1. The molecule has 1 aromatic heterocycles. The van der Waals surface area contributed by atoms with Crippen LogP contribution in [0.15, 0.2) is 54.6 Å². The van der Waals surface area contributed by atoms with Gasteiger partial charge in [-0.3, -0.25) is 19.4 Å². The lowest BCUT2D eigenvalue weighted by molar-refractivity contribution is -0.126. The van der Waals surface area contributed by atoms with Crippen LogP contribution in [0.1, 0.15) is 44.6 Å². The number of rotatable bonds is 13. The molecule has 40 heavy (non-hydrogen) atoms. The Labute approximate surface area is 236 Å². The number of carbonyl (C=O) groups excluding carboxylic acids is 2. The zero-order chi connectivity index (χ0) is 27.7. The lowest BCUT2D eigenvalue weighted by Gasteiger charge is -2.36. The molecule has 2 aliphatic heterocycles. The highest BCUT2D eigenvalue weighted by molar-refractivity contribution is 5.95. The second-order valence-corrected chi connectivity index (χ2v) is 10.6. The van der Waals surface area contributed by atoms with E-state index in [1.54, 1.807) is 0 Å². The lowest BCUT2D eigenvalue weighted by Crippen LogP contribution is -2.46. The van der Waals surface area contributed by atoms with Gasteiger partial charge in [-0.1, -0.05) is 43.3 Å². The number of anilines is 2. The van der Waals surface area contributed by atoms with Gasteiger partial charge in [-0.15, -0.1) is 0 Å². The van der Waals surface area contributed by atoms with Crippen LogP contribution in [-0.2, 0) is 20.7 Å². The van der Waals surface area contributed by atoms with Crippen molar-refractivity contribution >= 4 is 34.0 Å². The summed E-state index contributed by atoms with van der Waals surface area (Å²) in [7, 11) is 0. The summed E-state index contributed by atoms with van der Waals surface area (Å²) < 4.78 is 11.5. The van der Waals surface area contributed by atoms with Crippen molar-refractivity contribution in [2.45, 2.75) is 45.4 Å². The van der Waals surface area contributed by atoms with Gasteiger partial charge in [0.05, 0.1) is 6.61 Å². The molecule has 212 valence electrons. The Morgan fingerprint density at radius 2 is 1.77 bits per heavy atom. The molecule has 8 heteroatoms. The van der Waals surface area contributed by atoms with E-state index in [0.717, 1.165) is 57.5 Å². The molecule has 0 saturated carbocycles. The average molecular weight is 545 g/mol. The minimum Gasteiger partial charge on any atom is -0.478 e. The minimum atomic E-state index is -0.0411. The van der Waals surface area contributed by atoms with E-state index in [-0.39, 0.29) is 25.0 Å². The Morgan fingerprint density at radius 1 is 0.950 bits per heavy atom. The molecule has 8 nitrogen and oxygen atoms in total. The van der Waals surface area contributed by atoms with Crippen LogP contribution in [0.4, 0.5) is 11.5 Å². The first-order valence-electron chi connectivity index (χ1n) is 14.6. The fourth-order valence-corrected chi connectivity index (χ4v) is 5.51. The van der Waals surface area contributed by atoms with E-state index < -0.39 is 0 Å². The summed E-state index contributed by atoms with van der Waals surface area (Å²) in [6, 6.07) is 19.0. The maximum absolute atomic E-state index is 12.6. The first-order valence-corrected chi connectivity index (χ1v) is 14.6. The van der Waals surface area contributed by atoms with Crippen molar-refractivity contribution in [3.05, 3.63) is 60.2 Å². The molecule has 2 aromatic carbocycles. The highest BCUT2D eigenvalue weighted by Crippen LogP contribution is 2.29. The van der Waals surface area contributed by atoms with Gasteiger partial charge in [0.1, 0.15) is 19.2 Å². The van der Waals surface area contributed by atoms with Gasteiger partial charge < -0.3 is 14.4 Å². The van der Waals surface area contributed by atoms with Crippen molar-refractivity contribution in [1.29, 1.82) is 0 Å². The third-order valence-corrected chi connectivity index (χ3v) is 7.71. The quantitative estimate of drug-likeness (QED) is 0.285. The van der Waals surface area contributed by atoms with Crippen LogP contribution >= 0.6 is 0 Å². The zero-order valence-corrected chi connectivity index (χ0v) is 23.5. The molecule has 3 aromatic rings. The Bertz CT molecular complexity index is 1300. The van der Waals surface area contributed by atoms with Gasteiger partial charge in [0.2, 0.25) is 11.8 Å². The molecule has 2 aliphatic rings. The van der Waals surface area contributed by atoms with Gasteiger partial charge >= 0.3 is 0 Å². The molecule has 0 aliphatic carbocycles. The molecular formula is C32H40N4O4. The van der Waals surface area contributed by atoms with Crippen LogP contribution in [-0.4, -0.2) is 74.2 Å². The molecule has 1 fully saturated rings. The van der Waals surface area contributed by atoms with Crippen LogP contribution in [0.5, 0.6) is 5.88 Å². The third-order valence-electron chi connectivity index (χ3n) is 7.71. The molecule has 0 spiro atoms. The van der Waals surface area contributed by atoms with E-state index in [4.69, 9.17) is 9.47 Å². The monoisotopic (exact) mass is 544 g/mol. The number of unbranched alkanes of at least 4 members (excludes halogenated alkanes) is 1. The number of pyridine rings is 1. The van der Waals surface area contributed by atoms with Crippen LogP contribution < -0.4 is 14.5 Å². The van der Waals surface area contributed by atoms with Crippen LogP contribution in [0.2, 0.25) is 0 Å². The Balaban J connectivity index is 1.05. The Hall–Kier alpha value is -3.49. The summed E-state index contributed by atoms with van der Waals surface area (Å²) in [5.74, 6) is 1.11. The smallest absolute Gasteiger partial charge is 0.230 e. The van der Waals surface area contributed by atoms with Crippen molar-refractivity contribution in [2.24, 2.45) is 0 Å². The van der Waals surface area contributed by atoms with Crippen LogP contribution in [0.3, 0.4) is 0 Å². The third kappa shape index (κ3) is 6.98. The SMILES string of the molecule is CCCC(=O)COCN1C(=O)CCc2ccc(OCCCCN3CCN(c4cccc5ccccc45)CC3)nc21. The molecule has 0 radical (unpaired) electrons. The molecule has 0 atom stereocenters. The number of hydrogen-bond acceptors (Lipinski definition) is 7. The summed E-state index contributed by atoms with van der Waals surface area (Å²) >= 11 is 0. The molecule has 0 unspecified atom stereocenters. The van der Waals surface area contributed by atoms with E-state index in [1.165, 1.54) is 21.4 Å². The van der Waals surface area contributed by atoms with Crippen molar-refractivity contribution in [3.63, 3.8) is 0 Å². The van der Waals surface area contributed by atoms with Gasteiger partial charge in [0, 0.05) is 56.2 Å². The number of nitrogens with zero attached hydrogens (tertiary/aromatic N) is 4. The topological polar surface area (TPSA) is 75.2 Å². The highest BCUT2D eigenvalue weighted by Gasteiger charge is 2.26. The average Bonchev–Trinajstić information content (AvgIpc) is 2.98. The fraction of sp³-hybridized carbons (Fsp3) is 0.469. The van der Waals surface area contributed by atoms with Crippen LogP contribution in [0.25, 0.3) is 10.8 Å². The Kier molecular flexibility index (Phi) is 9.63. The number of fused-ring (bicyclic) bond motifs is 2. The van der Waals surface area contributed by atoms with Gasteiger partial charge in [-0.05, 0) is 55.3 Å². The standard InChI is InChI=1S/C32H40N4O4/c1-2-8-27(37)23-39-24-36-31(38)16-14-26-13-15-30(33-32(26)36)40-22-6-5-17-34-18-20-35(21-19-34)29-12-7-10-25-9-3-4-11-28(25)29/h3-4,7,9-13,15H,2,5-6,8,14,16-24H2,1H3. The number of hydrogen-bond donors (Lipinski definition) is 0. The van der Waals surface area contributed by atoms with E-state index in [0.29, 0.717) is 37.6 Å². The molecule has 1 saturated heterocycles. The second kappa shape index (κ2) is 13.7. The predicted octanol–water partition coefficient (Wildman–Crippen LogP) is 4.84. The fourth-order valence-electron chi connectivity index (χ4n) is 5.51. The van der Waals surface area contributed by atoms with Gasteiger partial charge in [0.25, 0.3) is 0 Å². The van der Waals surface area contributed by atoms with Crippen molar-refractivity contribution in [3.8, 4) is 5.88 Å². The van der Waals surface area contributed by atoms with Gasteiger partial charge in [-0.25, -0.2) is 0 Å². The summed E-state index contributed by atoms with van der Waals surface area (Å²) in [6.07, 6.45) is 4.34. The molecule has 0 bridgehead atoms. The number of benzene rings is 2. The summed E-state index contributed by atoms with van der Waals surface area (Å²) in [4.78, 5) is 35.5. The van der Waals surface area contributed by atoms with Crippen molar-refractivity contribution in [2.75, 3.05) is 62.5 Å². The number of ether oxygens (including phenoxy) is 2. The summed E-state index contributed by atoms with van der Waals surface area (Å²) in [6.45, 7) is 7.84. The Morgan fingerprint density at radius 3 is 2.62 bits per heavy atom. The maximum Gasteiger partial charge on any atom is 0.230 e. The first kappa shape index (κ1) is 28.1. The highest BCUT2D eigenvalue weighted by atomic mass is 16.5. The number of piperazine rings is 1. The van der Waals surface area contributed by atoms with Crippen LogP contribution in [0, 0.1) is 0 Å². The molecule has 5 rings (SSSR count). The zero-order valence-electron chi connectivity index (χ0n) is 23.5. The summed E-state index contributed by atoms with van der Waals surface area (Å²) in [5, 5.41) is 2.62.